The highest BCUT2D eigenvalue weighted by atomic mass is 15.2. The maximum atomic E-state index is 5.60. The van der Waals surface area contributed by atoms with Gasteiger partial charge in [0.15, 0.2) is 0 Å². The second kappa shape index (κ2) is 12.8. The first-order valence-corrected chi connectivity index (χ1v) is 7.82. The van der Waals surface area contributed by atoms with Crippen molar-refractivity contribution in [3.63, 3.8) is 0 Å². The Balaban J connectivity index is 0.00000154. The minimum Gasteiger partial charge on any atom is -0.329 e. The second-order valence-corrected chi connectivity index (χ2v) is 4.82. The van der Waals surface area contributed by atoms with Crippen molar-refractivity contribution in [1.29, 1.82) is 0 Å². The summed E-state index contributed by atoms with van der Waals surface area (Å²) in [6.07, 6.45) is 2.54. The average molecular weight is 273 g/mol. The lowest BCUT2D eigenvalue weighted by atomic mass is 10.1. The number of piperidine rings is 1. The number of nitrogens with one attached hydrogen (secondary N) is 1. The molecule has 116 valence electrons. The van der Waals surface area contributed by atoms with E-state index in [-0.39, 0.29) is 0 Å². The summed E-state index contributed by atoms with van der Waals surface area (Å²) in [7, 11) is 2.06. The third-order valence-corrected chi connectivity index (χ3v) is 3.62. The van der Waals surface area contributed by atoms with E-state index in [9.17, 15) is 0 Å². The molecule has 0 aromatic heterocycles. The average Bonchev–Trinajstić information content (AvgIpc) is 2.48. The van der Waals surface area contributed by atoms with Gasteiger partial charge in [-0.05, 0) is 33.0 Å². The standard InChI is InChI=1S/C12H29N5.C2H6/c1-15-12-2-6-16(7-3-12)10-11-17(8-4-13)9-5-14;1-2/h12,15H,2-11,13-14H2,1H3;1-2H3. The molecular weight excluding hydrogens is 238 g/mol. The molecule has 0 bridgehead atoms. The highest BCUT2D eigenvalue weighted by Crippen LogP contribution is 2.09. The molecule has 0 aliphatic carbocycles. The van der Waals surface area contributed by atoms with Crippen LogP contribution in [0.2, 0.25) is 0 Å². The summed E-state index contributed by atoms with van der Waals surface area (Å²) in [6, 6.07) is 0.718. The Morgan fingerprint density at radius 3 is 2.00 bits per heavy atom. The molecule has 5 heteroatoms. The van der Waals surface area contributed by atoms with Crippen molar-refractivity contribution in [3.05, 3.63) is 0 Å². The number of nitrogens with two attached hydrogens (primary N) is 2. The number of nitrogens with zero attached hydrogens (tertiary/aromatic N) is 2. The van der Waals surface area contributed by atoms with Gasteiger partial charge in [-0.1, -0.05) is 13.8 Å². The quantitative estimate of drug-likeness (QED) is 0.577. The van der Waals surface area contributed by atoms with Gasteiger partial charge in [0.25, 0.3) is 0 Å². The van der Waals surface area contributed by atoms with Gasteiger partial charge in [0.1, 0.15) is 0 Å². The van der Waals surface area contributed by atoms with Gasteiger partial charge in [0.2, 0.25) is 0 Å². The van der Waals surface area contributed by atoms with Crippen LogP contribution in [0, 0.1) is 0 Å². The van der Waals surface area contributed by atoms with Gasteiger partial charge in [0, 0.05) is 45.3 Å². The molecule has 0 unspecified atom stereocenters. The van der Waals surface area contributed by atoms with Crippen molar-refractivity contribution < 1.29 is 0 Å². The lowest BCUT2D eigenvalue weighted by Crippen LogP contribution is -2.45. The molecule has 5 N–H and O–H groups in total. The third-order valence-electron chi connectivity index (χ3n) is 3.62. The summed E-state index contributed by atoms with van der Waals surface area (Å²) in [4.78, 5) is 4.91. The molecule has 0 aromatic carbocycles. The molecule has 0 aromatic rings. The van der Waals surface area contributed by atoms with Crippen LogP contribution in [0.5, 0.6) is 0 Å². The Hall–Kier alpha value is -0.200. The normalized spacial score (nSPS) is 17.4. The summed E-state index contributed by atoms with van der Waals surface area (Å²) < 4.78 is 0. The van der Waals surface area contributed by atoms with E-state index in [2.05, 4.69) is 22.2 Å². The molecule has 1 fully saturated rings. The van der Waals surface area contributed by atoms with Gasteiger partial charge in [-0.15, -0.1) is 0 Å². The van der Waals surface area contributed by atoms with Crippen LogP contribution < -0.4 is 16.8 Å². The Morgan fingerprint density at radius 2 is 1.58 bits per heavy atom. The zero-order chi connectivity index (χ0) is 14.5. The van der Waals surface area contributed by atoms with E-state index in [0.717, 1.165) is 45.3 Å². The van der Waals surface area contributed by atoms with E-state index in [1.54, 1.807) is 0 Å². The van der Waals surface area contributed by atoms with Crippen LogP contribution in [-0.4, -0.2) is 75.2 Å². The molecule has 1 aliphatic heterocycles. The fourth-order valence-corrected chi connectivity index (χ4v) is 2.43. The fourth-order valence-electron chi connectivity index (χ4n) is 2.43. The summed E-state index contributed by atoms with van der Waals surface area (Å²) in [5.41, 5.74) is 11.2. The van der Waals surface area contributed by atoms with Crippen molar-refractivity contribution >= 4 is 0 Å². The van der Waals surface area contributed by atoms with Crippen molar-refractivity contribution in [1.82, 2.24) is 15.1 Å². The highest BCUT2D eigenvalue weighted by molar-refractivity contribution is 4.76. The molecule has 1 saturated heterocycles. The van der Waals surface area contributed by atoms with Gasteiger partial charge in [0.05, 0.1) is 0 Å². The van der Waals surface area contributed by atoms with E-state index >= 15 is 0 Å². The molecule has 1 aliphatic rings. The van der Waals surface area contributed by atoms with Crippen molar-refractivity contribution in [2.45, 2.75) is 32.7 Å². The number of likely N-dealkylation sites (tertiary alicyclic amines) is 1. The molecule has 0 spiro atoms. The molecule has 0 amide bonds. The Bertz CT molecular complexity index is 175. The molecule has 1 rings (SSSR count). The number of hydrogen-bond acceptors (Lipinski definition) is 5. The van der Waals surface area contributed by atoms with Crippen LogP contribution in [-0.2, 0) is 0 Å². The fraction of sp³-hybridized carbons (Fsp3) is 1.00. The maximum absolute atomic E-state index is 5.60. The second-order valence-electron chi connectivity index (χ2n) is 4.82. The first-order chi connectivity index (χ1) is 9.30. The first kappa shape index (κ1) is 18.8. The highest BCUT2D eigenvalue weighted by Gasteiger charge is 2.17. The molecule has 0 saturated carbocycles. The zero-order valence-corrected chi connectivity index (χ0v) is 13.2. The number of hydrogen-bond donors (Lipinski definition) is 3. The predicted molar refractivity (Wildman–Crippen MR) is 84.4 cm³/mol. The van der Waals surface area contributed by atoms with Crippen LogP contribution in [0.15, 0.2) is 0 Å². The van der Waals surface area contributed by atoms with Crippen molar-refractivity contribution in [2.75, 3.05) is 59.4 Å². The topological polar surface area (TPSA) is 70.5 Å². The minimum absolute atomic E-state index is 0.718. The molecule has 5 nitrogen and oxygen atoms in total. The van der Waals surface area contributed by atoms with Crippen LogP contribution in [0.1, 0.15) is 26.7 Å². The maximum Gasteiger partial charge on any atom is 0.0110 e. The molecule has 1 heterocycles. The monoisotopic (exact) mass is 273 g/mol. The van der Waals surface area contributed by atoms with Gasteiger partial charge in [-0.25, -0.2) is 0 Å². The van der Waals surface area contributed by atoms with Gasteiger partial charge in [-0.2, -0.15) is 0 Å². The Morgan fingerprint density at radius 1 is 1.05 bits per heavy atom. The van der Waals surface area contributed by atoms with Gasteiger partial charge >= 0.3 is 0 Å². The summed E-state index contributed by atoms with van der Waals surface area (Å²) in [6.45, 7) is 12.0. The van der Waals surface area contributed by atoms with Crippen molar-refractivity contribution in [2.24, 2.45) is 11.5 Å². The SMILES string of the molecule is CC.CNC1CCN(CCN(CCN)CCN)CC1. The minimum atomic E-state index is 0.718. The van der Waals surface area contributed by atoms with Crippen LogP contribution in [0.4, 0.5) is 0 Å². The summed E-state index contributed by atoms with van der Waals surface area (Å²) >= 11 is 0. The lowest BCUT2D eigenvalue weighted by Gasteiger charge is -2.33. The molecule has 0 radical (unpaired) electrons. The zero-order valence-electron chi connectivity index (χ0n) is 13.2. The van der Waals surface area contributed by atoms with Gasteiger partial charge in [-0.3, -0.25) is 4.90 Å². The third kappa shape index (κ3) is 8.55. The lowest BCUT2D eigenvalue weighted by molar-refractivity contribution is 0.170. The smallest absolute Gasteiger partial charge is 0.0110 e. The summed E-state index contributed by atoms with van der Waals surface area (Å²) in [5, 5.41) is 3.36. The summed E-state index contributed by atoms with van der Waals surface area (Å²) in [5.74, 6) is 0. The molecular formula is C14H35N5. The Labute approximate surface area is 119 Å². The van der Waals surface area contributed by atoms with Crippen molar-refractivity contribution in [3.8, 4) is 0 Å². The van der Waals surface area contributed by atoms with E-state index in [1.165, 1.54) is 25.9 Å². The van der Waals surface area contributed by atoms with Crippen LogP contribution in [0.3, 0.4) is 0 Å². The van der Waals surface area contributed by atoms with E-state index < -0.39 is 0 Å². The van der Waals surface area contributed by atoms with Crippen LogP contribution in [0.25, 0.3) is 0 Å². The van der Waals surface area contributed by atoms with Gasteiger partial charge < -0.3 is 21.7 Å². The number of rotatable bonds is 8. The van der Waals surface area contributed by atoms with E-state index in [4.69, 9.17) is 11.5 Å². The first-order valence-electron chi connectivity index (χ1n) is 7.82. The van der Waals surface area contributed by atoms with E-state index in [0.29, 0.717) is 0 Å². The molecule has 19 heavy (non-hydrogen) atoms. The van der Waals surface area contributed by atoms with Crippen LogP contribution >= 0.6 is 0 Å². The molecule has 0 atom stereocenters. The van der Waals surface area contributed by atoms with E-state index in [1.807, 2.05) is 13.8 Å². The largest absolute Gasteiger partial charge is 0.329 e. The predicted octanol–water partition coefficient (Wildman–Crippen LogP) is -0.0842. The Kier molecular flexibility index (Phi) is 12.7.